The summed E-state index contributed by atoms with van der Waals surface area (Å²) in [6.45, 7) is 2.08. The molecule has 1 heterocycles. The van der Waals surface area contributed by atoms with Gasteiger partial charge in [0.15, 0.2) is 0 Å². The molecule has 2 aromatic rings. The van der Waals surface area contributed by atoms with E-state index >= 15 is 0 Å². The quantitative estimate of drug-likeness (QED) is 0.794. The molecule has 1 aromatic carbocycles. The van der Waals surface area contributed by atoms with Crippen molar-refractivity contribution < 1.29 is 14.6 Å². The molecular weight excluding hydrogens is 230 g/mol. The van der Waals surface area contributed by atoms with E-state index in [2.05, 4.69) is 4.98 Å². The average molecular weight is 242 g/mol. The van der Waals surface area contributed by atoms with Gasteiger partial charge in [-0.1, -0.05) is 12.1 Å². The van der Waals surface area contributed by atoms with Gasteiger partial charge in [-0.05, 0) is 19.1 Å². The van der Waals surface area contributed by atoms with Crippen molar-refractivity contribution in [3.05, 3.63) is 30.0 Å². The van der Waals surface area contributed by atoms with Gasteiger partial charge >= 0.3 is 5.97 Å². The number of aromatic nitrogens is 1. The minimum absolute atomic E-state index is 0. The van der Waals surface area contributed by atoms with Crippen LogP contribution < -0.4 is 0 Å². The van der Waals surface area contributed by atoms with Gasteiger partial charge in [-0.3, -0.25) is 0 Å². The highest BCUT2D eigenvalue weighted by molar-refractivity contribution is 5.96. The molecule has 0 radical (unpaired) electrons. The zero-order valence-electron chi connectivity index (χ0n) is 8.69. The van der Waals surface area contributed by atoms with E-state index < -0.39 is 5.97 Å². The number of hydrogen-bond donors (Lipinski definition) is 2. The summed E-state index contributed by atoms with van der Waals surface area (Å²) < 4.78 is 4.85. The van der Waals surface area contributed by atoms with Crippen molar-refractivity contribution in [2.45, 2.75) is 6.92 Å². The second-order valence-electron chi connectivity index (χ2n) is 3.14. The number of hydrogen-bond acceptors (Lipinski definition) is 3. The van der Waals surface area contributed by atoms with E-state index in [9.17, 15) is 9.90 Å². The molecule has 86 valence electrons. The fraction of sp³-hybridized carbons (Fsp3) is 0.182. The molecule has 1 aromatic heterocycles. The van der Waals surface area contributed by atoms with Crippen LogP contribution in [0.15, 0.2) is 24.3 Å². The van der Waals surface area contributed by atoms with Gasteiger partial charge in [0.2, 0.25) is 0 Å². The minimum atomic E-state index is -0.409. The van der Waals surface area contributed by atoms with E-state index in [4.69, 9.17) is 4.74 Å². The Hall–Kier alpha value is -1.68. The van der Waals surface area contributed by atoms with Crippen LogP contribution in [0.5, 0.6) is 5.75 Å². The highest BCUT2D eigenvalue weighted by atomic mass is 35.5. The molecule has 5 heteroatoms. The highest BCUT2D eigenvalue weighted by Crippen LogP contribution is 2.24. The molecule has 0 aliphatic rings. The molecule has 0 unspecified atom stereocenters. The van der Waals surface area contributed by atoms with Crippen molar-refractivity contribution in [3.63, 3.8) is 0 Å². The third-order valence-corrected chi connectivity index (χ3v) is 2.13. The van der Waals surface area contributed by atoms with E-state index in [-0.39, 0.29) is 18.2 Å². The van der Waals surface area contributed by atoms with Gasteiger partial charge in [-0.15, -0.1) is 12.4 Å². The van der Waals surface area contributed by atoms with Gasteiger partial charge in [-0.25, -0.2) is 4.79 Å². The molecule has 0 atom stereocenters. The first-order valence-corrected chi connectivity index (χ1v) is 4.70. The zero-order valence-corrected chi connectivity index (χ0v) is 9.50. The van der Waals surface area contributed by atoms with Gasteiger partial charge in [0, 0.05) is 5.39 Å². The first-order valence-electron chi connectivity index (χ1n) is 4.70. The Balaban J connectivity index is 0.00000128. The minimum Gasteiger partial charge on any atom is -0.506 e. The van der Waals surface area contributed by atoms with Crippen LogP contribution in [0.4, 0.5) is 0 Å². The number of aromatic amines is 1. The summed E-state index contributed by atoms with van der Waals surface area (Å²) in [5.74, 6) is -0.281. The van der Waals surface area contributed by atoms with Gasteiger partial charge in [-0.2, -0.15) is 0 Å². The lowest BCUT2D eigenvalue weighted by molar-refractivity contribution is 0.0520. The van der Waals surface area contributed by atoms with Crippen molar-refractivity contribution in [2.24, 2.45) is 0 Å². The van der Waals surface area contributed by atoms with Crippen LogP contribution in [0.25, 0.3) is 10.9 Å². The number of phenolic OH excluding ortho intramolecular Hbond substituents is 1. The molecule has 0 amide bonds. The maximum absolute atomic E-state index is 11.4. The molecule has 16 heavy (non-hydrogen) atoms. The van der Waals surface area contributed by atoms with Crippen molar-refractivity contribution in [3.8, 4) is 5.75 Å². The third-order valence-electron chi connectivity index (χ3n) is 2.13. The van der Waals surface area contributed by atoms with Gasteiger partial charge in [0.25, 0.3) is 0 Å². The smallest absolute Gasteiger partial charge is 0.354 e. The normalized spacial score (nSPS) is 9.81. The van der Waals surface area contributed by atoms with Gasteiger partial charge < -0.3 is 14.8 Å². The molecule has 0 aliphatic heterocycles. The fourth-order valence-electron chi connectivity index (χ4n) is 1.46. The molecule has 0 saturated carbocycles. The lowest BCUT2D eigenvalue weighted by atomic mass is 10.2. The maximum atomic E-state index is 11.4. The summed E-state index contributed by atoms with van der Waals surface area (Å²) >= 11 is 0. The number of nitrogens with one attached hydrogen (secondary N) is 1. The fourth-order valence-corrected chi connectivity index (χ4v) is 1.46. The number of benzene rings is 1. The molecular formula is C11H12ClNO3. The monoisotopic (exact) mass is 241 g/mol. The Kier molecular flexibility index (Phi) is 3.79. The number of aromatic hydroxyl groups is 1. The standard InChI is InChI=1S/C11H11NO3.ClH/c1-2-15-11(14)8-6-7-4-3-5-9(13)10(7)12-8;/h3-6,12-13H,2H2,1H3;1H. The molecule has 0 bridgehead atoms. The number of esters is 1. The molecule has 0 aliphatic carbocycles. The molecule has 0 saturated heterocycles. The Morgan fingerprint density at radius 3 is 2.88 bits per heavy atom. The number of carbonyl (C=O) groups excluding carboxylic acids is 1. The van der Waals surface area contributed by atoms with E-state index in [0.717, 1.165) is 5.39 Å². The highest BCUT2D eigenvalue weighted by Gasteiger charge is 2.11. The number of halogens is 1. The van der Waals surface area contributed by atoms with E-state index in [0.29, 0.717) is 17.8 Å². The van der Waals surface area contributed by atoms with Crippen LogP contribution in [0, 0.1) is 0 Å². The van der Waals surface area contributed by atoms with Crippen LogP contribution >= 0.6 is 12.4 Å². The van der Waals surface area contributed by atoms with E-state index in [1.807, 2.05) is 6.07 Å². The number of carbonyl (C=O) groups is 1. The lowest BCUT2D eigenvalue weighted by Gasteiger charge is -1.97. The van der Waals surface area contributed by atoms with Gasteiger partial charge in [0.05, 0.1) is 12.1 Å². The molecule has 4 nitrogen and oxygen atoms in total. The zero-order chi connectivity index (χ0) is 10.8. The second kappa shape index (κ2) is 4.90. The van der Waals surface area contributed by atoms with E-state index in [1.54, 1.807) is 25.1 Å². The Bertz CT molecular complexity index is 507. The van der Waals surface area contributed by atoms with Crippen LogP contribution in [0.1, 0.15) is 17.4 Å². The topological polar surface area (TPSA) is 62.3 Å². The van der Waals surface area contributed by atoms with Crippen LogP contribution in [-0.4, -0.2) is 22.7 Å². The molecule has 2 N–H and O–H groups in total. The number of rotatable bonds is 2. The number of para-hydroxylation sites is 1. The molecule has 0 fully saturated rings. The van der Waals surface area contributed by atoms with E-state index in [1.165, 1.54) is 0 Å². The average Bonchev–Trinajstić information content (AvgIpc) is 2.63. The van der Waals surface area contributed by atoms with Gasteiger partial charge in [0.1, 0.15) is 11.4 Å². The Morgan fingerprint density at radius 2 is 2.25 bits per heavy atom. The molecule has 2 rings (SSSR count). The van der Waals surface area contributed by atoms with Crippen LogP contribution in [0.3, 0.4) is 0 Å². The first-order chi connectivity index (χ1) is 7.22. The number of ether oxygens (including phenoxy) is 1. The Labute approximate surface area is 98.6 Å². The van der Waals surface area contributed by atoms with Crippen molar-refractivity contribution in [2.75, 3.05) is 6.61 Å². The van der Waals surface area contributed by atoms with Crippen LogP contribution in [0.2, 0.25) is 0 Å². The number of phenols is 1. The summed E-state index contributed by atoms with van der Waals surface area (Å²) in [4.78, 5) is 14.2. The summed E-state index contributed by atoms with van der Waals surface area (Å²) in [5, 5.41) is 10.3. The number of fused-ring (bicyclic) bond motifs is 1. The van der Waals surface area contributed by atoms with Crippen molar-refractivity contribution in [1.82, 2.24) is 4.98 Å². The summed E-state index contributed by atoms with van der Waals surface area (Å²) in [5.41, 5.74) is 0.911. The van der Waals surface area contributed by atoms with Crippen molar-refractivity contribution >= 4 is 29.3 Å². The van der Waals surface area contributed by atoms with Crippen LogP contribution in [-0.2, 0) is 4.74 Å². The van der Waals surface area contributed by atoms with Crippen molar-refractivity contribution in [1.29, 1.82) is 0 Å². The second-order valence-corrected chi connectivity index (χ2v) is 3.14. The number of H-pyrrole nitrogens is 1. The maximum Gasteiger partial charge on any atom is 0.354 e. The molecule has 0 spiro atoms. The summed E-state index contributed by atoms with van der Waals surface area (Å²) in [6, 6.07) is 6.76. The SMILES string of the molecule is CCOC(=O)c1cc2cccc(O)c2[nH]1.Cl. The predicted molar refractivity (Wildman–Crippen MR) is 63.2 cm³/mol. The summed E-state index contributed by atoms with van der Waals surface area (Å²) in [7, 11) is 0. The largest absolute Gasteiger partial charge is 0.506 e. The Morgan fingerprint density at radius 1 is 1.50 bits per heavy atom. The third kappa shape index (κ3) is 2.12. The predicted octanol–water partition coefficient (Wildman–Crippen LogP) is 2.47. The lowest BCUT2D eigenvalue weighted by Crippen LogP contribution is -2.04. The summed E-state index contributed by atoms with van der Waals surface area (Å²) in [6.07, 6.45) is 0. The first kappa shape index (κ1) is 12.4.